The van der Waals surface area contributed by atoms with Gasteiger partial charge in [0.05, 0.1) is 17.4 Å². The van der Waals surface area contributed by atoms with Crippen LogP contribution in [0.2, 0.25) is 0 Å². The molecule has 0 amide bonds. The third kappa shape index (κ3) is 1.96. The van der Waals surface area contributed by atoms with Gasteiger partial charge in [0.2, 0.25) is 5.95 Å². The molecule has 0 aromatic carbocycles. The van der Waals surface area contributed by atoms with Crippen molar-refractivity contribution >= 4 is 11.9 Å². The Morgan fingerprint density at radius 1 is 1.62 bits per heavy atom. The molecule has 1 unspecified atom stereocenters. The van der Waals surface area contributed by atoms with Gasteiger partial charge < -0.3 is 15.1 Å². The predicted molar refractivity (Wildman–Crippen MR) is 56.6 cm³/mol. The number of carbonyl (C=O) groups is 1. The van der Waals surface area contributed by atoms with Crippen LogP contribution < -0.4 is 4.90 Å². The van der Waals surface area contributed by atoms with E-state index in [1.165, 1.54) is 6.20 Å². The SMILES string of the molecule is Cc1nc(N2CCC(O)C2)ncc1C(=O)O. The standard InChI is InChI=1S/C10H13N3O3/c1-6-8(9(15)16)4-11-10(12-6)13-3-2-7(14)5-13/h4,7,14H,2-3,5H2,1H3,(H,15,16). The number of aliphatic hydroxyl groups is 1. The van der Waals surface area contributed by atoms with Crippen LogP contribution in [-0.2, 0) is 0 Å². The van der Waals surface area contributed by atoms with E-state index in [-0.39, 0.29) is 11.7 Å². The molecule has 6 nitrogen and oxygen atoms in total. The minimum atomic E-state index is -1.02. The van der Waals surface area contributed by atoms with Gasteiger partial charge in [0.25, 0.3) is 0 Å². The van der Waals surface area contributed by atoms with Crippen molar-refractivity contribution in [2.24, 2.45) is 0 Å². The van der Waals surface area contributed by atoms with Gasteiger partial charge in [-0.3, -0.25) is 0 Å². The molecular weight excluding hydrogens is 210 g/mol. The summed E-state index contributed by atoms with van der Waals surface area (Å²) < 4.78 is 0. The molecule has 1 atom stereocenters. The van der Waals surface area contributed by atoms with Gasteiger partial charge in [-0.25, -0.2) is 14.8 Å². The number of carboxylic acids is 1. The zero-order valence-corrected chi connectivity index (χ0v) is 8.92. The fourth-order valence-electron chi connectivity index (χ4n) is 1.74. The number of carboxylic acid groups (broad SMARTS) is 1. The summed E-state index contributed by atoms with van der Waals surface area (Å²) in [6, 6.07) is 0. The minimum absolute atomic E-state index is 0.114. The molecule has 0 spiro atoms. The first-order valence-corrected chi connectivity index (χ1v) is 5.08. The molecule has 0 saturated carbocycles. The highest BCUT2D eigenvalue weighted by Gasteiger charge is 2.23. The zero-order chi connectivity index (χ0) is 11.7. The molecule has 1 aromatic heterocycles. The molecule has 6 heteroatoms. The Kier molecular flexibility index (Phi) is 2.74. The molecule has 0 bridgehead atoms. The average Bonchev–Trinajstić information content (AvgIpc) is 2.64. The van der Waals surface area contributed by atoms with Gasteiger partial charge in [0.1, 0.15) is 0 Å². The van der Waals surface area contributed by atoms with Crippen LogP contribution in [-0.4, -0.2) is 45.3 Å². The Labute approximate surface area is 92.6 Å². The summed E-state index contributed by atoms with van der Waals surface area (Å²) in [7, 11) is 0. The number of hydrogen-bond acceptors (Lipinski definition) is 5. The first-order valence-electron chi connectivity index (χ1n) is 5.08. The average molecular weight is 223 g/mol. The van der Waals surface area contributed by atoms with E-state index in [0.29, 0.717) is 31.2 Å². The quantitative estimate of drug-likeness (QED) is 0.737. The molecule has 2 N–H and O–H groups in total. The predicted octanol–water partition coefficient (Wildman–Crippen LogP) is 0.0542. The fraction of sp³-hybridized carbons (Fsp3) is 0.500. The van der Waals surface area contributed by atoms with Crippen molar-refractivity contribution in [3.8, 4) is 0 Å². The summed E-state index contributed by atoms with van der Waals surface area (Å²) in [6.45, 7) is 2.85. The van der Waals surface area contributed by atoms with Gasteiger partial charge in [-0.2, -0.15) is 0 Å². The lowest BCUT2D eigenvalue weighted by molar-refractivity contribution is 0.0695. The van der Waals surface area contributed by atoms with Crippen molar-refractivity contribution in [3.05, 3.63) is 17.5 Å². The highest BCUT2D eigenvalue weighted by atomic mass is 16.4. The number of aliphatic hydroxyl groups excluding tert-OH is 1. The summed E-state index contributed by atoms with van der Waals surface area (Å²) in [5.41, 5.74) is 0.558. The second kappa shape index (κ2) is 4.05. The van der Waals surface area contributed by atoms with Gasteiger partial charge in [-0.15, -0.1) is 0 Å². The third-order valence-corrected chi connectivity index (χ3v) is 2.64. The van der Waals surface area contributed by atoms with Crippen molar-refractivity contribution in [2.75, 3.05) is 18.0 Å². The molecule has 2 heterocycles. The molecule has 0 aliphatic carbocycles. The maximum atomic E-state index is 10.8. The van der Waals surface area contributed by atoms with Crippen molar-refractivity contribution in [1.29, 1.82) is 0 Å². The largest absolute Gasteiger partial charge is 0.478 e. The van der Waals surface area contributed by atoms with E-state index < -0.39 is 5.97 Å². The Balaban J connectivity index is 2.24. The van der Waals surface area contributed by atoms with Gasteiger partial charge in [-0.05, 0) is 13.3 Å². The highest BCUT2D eigenvalue weighted by molar-refractivity contribution is 5.88. The molecule has 1 aliphatic heterocycles. The van der Waals surface area contributed by atoms with Crippen LogP contribution in [0.15, 0.2) is 6.20 Å². The molecule has 1 aromatic rings. The number of hydrogen-bond donors (Lipinski definition) is 2. The first-order chi connectivity index (χ1) is 7.58. The molecule has 0 radical (unpaired) electrons. The minimum Gasteiger partial charge on any atom is -0.478 e. The number of anilines is 1. The Morgan fingerprint density at radius 3 is 2.88 bits per heavy atom. The van der Waals surface area contributed by atoms with Crippen LogP contribution in [0.1, 0.15) is 22.5 Å². The monoisotopic (exact) mass is 223 g/mol. The number of aryl methyl sites for hydroxylation is 1. The summed E-state index contributed by atoms with van der Waals surface area (Å²) in [6.07, 6.45) is 1.66. The van der Waals surface area contributed by atoms with E-state index in [1.807, 2.05) is 4.90 Å². The zero-order valence-electron chi connectivity index (χ0n) is 8.92. The maximum Gasteiger partial charge on any atom is 0.339 e. The highest BCUT2D eigenvalue weighted by Crippen LogP contribution is 2.17. The number of rotatable bonds is 2. The number of aromatic carboxylic acids is 1. The van der Waals surface area contributed by atoms with E-state index in [1.54, 1.807) is 6.92 Å². The van der Waals surface area contributed by atoms with Crippen LogP contribution in [0.4, 0.5) is 5.95 Å². The summed E-state index contributed by atoms with van der Waals surface area (Å²) >= 11 is 0. The van der Waals surface area contributed by atoms with Crippen molar-refractivity contribution in [1.82, 2.24) is 9.97 Å². The number of β-amino-alcohol motifs (C(OH)–C–C–N with tert-alkyl or cyclic N) is 1. The van der Waals surface area contributed by atoms with Crippen molar-refractivity contribution in [3.63, 3.8) is 0 Å². The second-order valence-corrected chi connectivity index (χ2v) is 3.86. The van der Waals surface area contributed by atoms with Crippen LogP contribution >= 0.6 is 0 Å². The molecule has 1 aliphatic rings. The van der Waals surface area contributed by atoms with E-state index in [4.69, 9.17) is 5.11 Å². The molecule has 1 saturated heterocycles. The van der Waals surface area contributed by atoms with Gasteiger partial charge in [0.15, 0.2) is 0 Å². The number of nitrogens with zero attached hydrogens (tertiary/aromatic N) is 3. The van der Waals surface area contributed by atoms with E-state index in [9.17, 15) is 9.90 Å². The lowest BCUT2D eigenvalue weighted by Gasteiger charge is -2.15. The normalized spacial score (nSPS) is 20.1. The van der Waals surface area contributed by atoms with Gasteiger partial charge >= 0.3 is 5.97 Å². The Hall–Kier alpha value is -1.69. The summed E-state index contributed by atoms with van der Waals surface area (Å²) in [5, 5.41) is 18.2. The van der Waals surface area contributed by atoms with Crippen LogP contribution in [0.3, 0.4) is 0 Å². The van der Waals surface area contributed by atoms with E-state index in [0.717, 1.165) is 0 Å². The lowest BCUT2D eigenvalue weighted by Crippen LogP contribution is -2.24. The molecule has 1 fully saturated rings. The van der Waals surface area contributed by atoms with Crippen molar-refractivity contribution < 1.29 is 15.0 Å². The fourth-order valence-corrected chi connectivity index (χ4v) is 1.74. The molecule has 86 valence electrons. The van der Waals surface area contributed by atoms with Gasteiger partial charge in [-0.1, -0.05) is 0 Å². The number of aromatic nitrogens is 2. The van der Waals surface area contributed by atoms with Gasteiger partial charge in [0, 0.05) is 19.3 Å². The Bertz CT molecular complexity index is 422. The summed E-state index contributed by atoms with van der Waals surface area (Å²) in [4.78, 5) is 20.8. The summed E-state index contributed by atoms with van der Waals surface area (Å²) in [5.74, 6) is -0.537. The van der Waals surface area contributed by atoms with Crippen LogP contribution in [0.5, 0.6) is 0 Å². The lowest BCUT2D eigenvalue weighted by atomic mass is 10.2. The third-order valence-electron chi connectivity index (χ3n) is 2.64. The molecular formula is C10H13N3O3. The topological polar surface area (TPSA) is 86.5 Å². The maximum absolute atomic E-state index is 10.8. The molecule has 16 heavy (non-hydrogen) atoms. The molecule has 2 rings (SSSR count). The van der Waals surface area contributed by atoms with Crippen molar-refractivity contribution in [2.45, 2.75) is 19.4 Å². The van der Waals surface area contributed by atoms with E-state index >= 15 is 0 Å². The first kappa shape index (κ1) is 10.8. The van der Waals surface area contributed by atoms with Crippen LogP contribution in [0, 0.1) is 6.92 Å². The van der Waals surface area contributed by atoms with Crippen LogP contribution in [0.25, 0.3) is 0 Å². The van der Waals surface area contributed by atoms with E-state index in [2.05, 4.69) is 9.97 Å². The smallest absolute Gasteiger partial charge is 0.339 e. The Morgan fingerprint density at radius 2 is 2.38 bits per heavy atom. The second-order valence-electron chi connectivity index (χ2n) is 3.86.